The van der Waals surface area contributed by atoms with E-state index in [2.05, 4.69) is 36.1 Å². The minimum absolute atomic E-state index is 0.160. The van der Waals surface area contributed by atoms with Crippen molar-refractivity contribution >= 4 is 11.6 Å². The van der Waals surface area contributed by atoms with Crippen molar-refractivity contribution < 1.29 is 14.3 Å². The number of fused-ring (bicyclic) bond motifs is 1. The lowest BCUT2D eigenvalue weighted by Crippen LogP contribution is -2.53. The molecule has 1 amide bonds. The molecule has 0 aromatic heterocycles. The number of nitrogens with zero attached hydrogens (tertiary/aromatic N) is 2. The molecular weight excluding hydrogens is 352 g/mol. The summed E-state index contributed by atoms with van der Waals surface area (Å²) in [6.07, 6.45) is 0. The third-order valence-electron chi connectivity index (χ3n) is 5.73. The highest BCUT2D eigenvalue weighted by molar-refractivity contribution is 5.88. The van der Waals surface area contributed by atoms with Crippen LogP contribution in [0.2, 0.25) is 0 Å². The maximum absolute atomic E-state index is 13.3. The molecule has 0 spiro atoms. The van der Waals surface area contributed by atoms with E-state index in [4.69, 9.17) is 9.47 Å². The molecule has 2 aromatic carbocycles. The van der Waals surface area contributed by atoms with E-state index in [9.17, 15) is 4.79 Å². The van der Waals surface area contributed by atoms with Crippen LogP contribution in [0.5, 0.6) is 11.5 Å². The fourth-order valence-electron chi connectivity index (χ4n) is 3.94. The molecule has 1 fully saturated rings. The summed E-state index contributed by atoms with van der Waals surface area (Å²) >= 11 is 0. The summed E-state index contributed by atoms with van der Waals surface area (Å²) in [6, 6.07) is 14.4. The van der Waals surface area contributed by atoms with Crippen molar-refractivity contribution in [3.8, 4) is 11.5 Å². The molecule has 2 aliphatic rings. The molecule has 0 atom stereocenters. The number of hydrogen-bond acceptors (Lipinski definition) is 4. The van der Waals surface area contributed by atoms with Gasteiger partial charge < -0.3 is 19.3 Å². The van der Waals surface area contributed by atoms with Crippen molar-refractivity contribution in [2.24, 2.45) is 0 Å². The number of hydrogen-bond donors (Lipinski definition) is 0. The number of carbonyl (C=O) groups is 1. The summed E-state index contributed by atoms with van der Waals surface area (Å²) in [7, 11) is 0. The summed E-state index contributed by atoms with van der Waals surface area (Å²) in [6.45, 7) is 10.4. The predicted octanol–water partition coefficient (Wildman–Crippen LogP) is 3.39. The molecular formula is C23H28N2O3. The maximum atomic E-state index is 13.3. The highest BCUT2D eigenvalue weighted by Crippen LogP contribution is 2.36. The molecule has 148 valence electrons. The van der Waals surface area contributed by atoms with Crippen LogP contribution in [0.4, 0.5) is 5.69 Å². The number of anilines is 1. The van der Waals surface area contributed by atoms with Gasteiger partial charge >= 0.3 is 0 Å². The summed E-state index contributed by atoms with van der Waals surface area (Å²) in [5.74, 6) is 1.65. The van der Waals surface area contributed by atoms with Crippen LogP contribution >= 0.6 is 0 Å². The monoisotopic (exact) mass is 380 g/mol. The highest BCUT2D eigenvalue weighted by atomic mass is 16.6. The Bertz CT molecular complexity index is 870. The van der Waals surface area contributed by atoms with Crippen LogP contribution in [0, 0.1) is 6.92 Å². The van der Waals surface area contributed by atoms with E-state index in [0.29, 0.717) is 13.2 Å². The van der Waals surface area contributed by atoms with Crippen LogP contribution in [0.1, 0.15) is 25.0 Å². The van der Waals surface area contributed by atoms with E-state index in [0.717, 1.165) is 43.2 Å². The van der Waals surface area contributed by atoms with Gasteiger partial charge in [-0.3, -0.25) is 4.79 Å². The standard InChI is InChI=1S/C23H28N2O3/c1-17-5-4-6-19(15-17)24-9-11-25(12-10-24)22(26)23(2,3)18-7-8-20-21(16-18)28-14-13-27-20/h4-8,15-16H,9-14H2,1-3H3. The molecule has 1 saturated heterocycles. The number of benzene rings is 2. The van der Waals surface area contributed by atoms with Crippen LogP contribution in [-0.2, 0) is 10.2 Å². The lowest BCUT2D eigenvalue weighted by molar-refractivity contribution is -0.136. The molecule has 0 unspecified atom stereocenters. The molecule has 2 aliphatic heterocycles. The Morgan fingerprint density at radius 3 is 2.36 bits per heavy atom. The van der Waals surface area contributed by atoms with Gasteiger partial charge in [-0.1, -0.05) is 18.2 Å². The molecule has 4 rings (SSSR count). The third kappa shape index (κ3) is 3.53. The minimum atomic E-state index is -0.610. The smallest absolute Gasteiger partial charge is 0.232 e. The van der Waals surface area contributed by atoms with Crippen LogP contribution in [-0.4, -0.2) is 50.2 Å². The van der Waals surface area contributed by atoms with Crippen molar-refractivity contribution in [2.45, 2.75) is 26.2 Å². The maximum Gasteiger partial charge on any atom is 0.232 e. The Morgan fingerprint density at radius 1 is 0.929 bits per heavy atom. The molecule has 0 bridgehead atoms. The molecule has 0 aliphatic carbocycles. The molecule has 5 nitrogen and oxygen atoms in total. The Labute approximate surface area is 166 Å². The number of ether oxygens (including phenoxy) is 2. The Morgan fingerprint density at radius 2 is 1.64 bits per heavy atom. The van der Waals surface area contributed by atoms with Crippen LogP contribution in [0.3, 0.4) is 0 Å². The van der Waals surface area contributed by atoms with Crippen LogP contribution in [0.15, 0.2) is 42.5 Å². The molecule has 2 aromatic rings. The zero-order valence-electron chi connectivity index (χ0n) is 16.9. The predicted molar refractivity (Wildman–Crippen MR) is 110 cm³/mol. The number of carbonyl (C=O) groups excluding carboxylic acids is 1. The van der Waals surface area contributed by atoms with Gasteiger partial charge in [-0.15, -0.1) is 0 Å². The molecule has 0 radical (unpaired) electrons. The van der Waals surface area contributed by atoms with E-state index < -0.39 is 5.41 Å². The van der Waals surface area contributed by atoms with Gasteiger partial charge in [-0.25, -0.2) is 0 Å². The first-order valence-electron chi connectivity index (χ1n) is 9.96. The topological polar surface area (TPSA) is 42.0 Å². The van der Waals surface area contributed by atoms with Gasteiger partial charge in [0, 0.05) is 31.9 Å². The van der Waals surface area contributed by atoms with Gasteiger partial charge in [0.25, 0.3) is 0 Å². The van der Waals surface area contributed by atoms with E-state index >= 15 is 0 Å². The number of piperazine rings is 1. The molecule has 2 heterocycles. The minimum Gasteiger partial charge on any atom is -0.486 e. The third-order valence-corrected chi connectivity index (χ3v) is 5.73. The second-order valence-electron chi connectivity index (χ2n) is 8.10. The van der Waals surface area contributed by atoms with Crippen molar-refractivity contribution in [1.29, 1.82) is 0 Å². The zero-order valence-corrected chi connectivity index (χ0v) is 16.9. The fraction of sp³-hybridized carbons (Fsp3) is 0.435. The molecule has 0 saturated carbocycles. The van der Waals surface area contributed by atoms with E-state index in [-0.39, 0.29) is 5.91 Å². The first kappa shape index (κ1) is 18.7. The van der Waals surface area contributed by atoms with Crippen molar-refractivity contribution in [3.05, 3.63) is 53.6 Å². The summed E-state index contributed by atoms with van der Waals surface area (Å²) < 4.78 is 11.3. The summed E-state index contributed by atoms with van der Waals surface area (Å²) in [4.78, 5) is 17.7. The largest absolute Gasteiger partial charge is 0.486 e. The van der Waals surface area contributed by atoms with Crippen LogP contribution < -0.4 is 14.4 Å². The van der Waals surface area contributed by atoms with E-state index in [1.807, 2.05) is 36.9 Å². The highest BCUT2D eigenvalue weighted by Gasteiger charge is 2.36. The van der Waals surface area contributed by atoms with Gasteiger partial charge in [0.05, 0.1) is 5.41 Å². The quantitative estimate of drug-likeness (QED) is 0.819. The Kier molecular flexibility index (Phi) is 4.92. The Balaban J connectivity index is 1.45. The lowest BCUT2D eigenvalue weighted by atomic mass is 9.82. The fourth-order valence-corrected chi connectivity index (χ4v) is 3.94. The summed E-state index contributed by atoms with van der Waals surface area (Å²) in [5.41, 5.74) is 2.85. The molecule has 5 heteroatoms. The van der Waals surface area contributed by atoms with Crippen molar-refractivity contribution in [3.63, 3.8) is 0 Å². The second kappa shape index (κ2) is 7.38. The first-order chi connectivity index (χ1) is 13.4. The van der Waals surface area contributed by atoms with E-state index in [1.54, 1.807) is 0 Å². The van der Waals surface area contributed by atoms with Crippen molar-refractivity contribution in [2.75, 3.05) is 44.3 Å². The SMILES string of the molecule is Cc1cccc(N2CCN(C(=O)C(C)(C)c3ccc4c(c3)OCCO4)CC2)c1. The van der Waals surface area contributed by atoms with Gasteiger partial charge in [0.1, 0.15) is 13.2 Å². The molecule has 0 N–H and O–H groups in total. The van der Waals surface area contributed by atoms with Crippen LogP contribution in [0.25, 0.3) is 0 Å². The average Bonchev–Trinajstić information content (AvgIpc) is 2.73. The summed E-state index contributed by atoms with van der Waals surface area (Å²) in [5, 5.41) is 0. The molecule has 28 heavy (non-hydrogen) atoms. The van der Waals surface area contributed by atoms with Gasteiger partial charge in [-0.05, 0) is 56.2 Å². The second-order valence-corrected chi connectivity index (χ2v) is 8.10. The number of rotatable bonds is 3. The zero-order chi connectivity index (χ0) is 19.7. The number of aryl methyl sites for hydroxylation is 1. The average molecular weight is 380 g/mol. The Hall–Kier alpha value is -2.69. The normalized spacial score (nSPS) is 16.8. The van der Waals surface area contributed by atoms with Gasteiger partial charge in [0.15, 0.2) is 11.5 Å². The van der Waals surface area contributed by atoms with Crippen molar-refractivity contribution in [1.82, 2.24) is 4.90 Å². The lowest BCUT2D eigenvalue weighted by Gasteiger charge is -2.40. The van der Waals surface area contributed by atoms with Gasteiger partial charge in [-0.2, -0.15) is 0 Å². The number of amides is 1. The van der Waals surface area contributed by atoms with Gasteiger partial charge in [0.2, 0.25) is 5.91 Å². The van der Waals surface area contributed by atoms with E-state index in [1.165, 1.54) is 11.3 Å². The first-order valence-corrected chi connectivity index (χ1v) is 9.96.